The largest absolute Gasteiger partial charge is 0.313 e. The van der Waals surface area contributed by atoms with Gasteiger partial charge >= 0.3 is 0 Å². The lowest BCUT2D eigenvalue weighted by Crippen LogP contribution is -2.17. The second-order valence-corrected chi connectivity index (χ2v) is 5.09. The zero-order valence-electron chi connectivity index (χ0n) is 12.4. The van der Waals surface area contributed by atoms with Crippen LogP contribution in [0.1, 0.15) is 35.0 Å². The fourth-order valence-electron chi connectivity index (χ4n) is 2.56. The zero-order valence-corrected chi connectivity index (χ0v) is 12.4. The number of rotatable bonds is 5. The standard InChI is InChI=1S/C15H21FN4/c1-10-14(11(2)20(4)19-10)5-6-15(17-3)12-7-13(16)9-18-8-12/h7-9,15,17H,5-6H2,1-4H3. The maximum absolute atomic E-state index is 13.3. The highest BCUT2D eigenvalue weighted by atomic mass is 19.1. The van der Waals surface area contributed by atoms with Gasteiger partial charge in [0.15, 0.2) is 0 Å². The lowest BCUT2D eigenvalue weighted by molar-refractivity contribution is 0.537. The first-order chi connectivity index (χ1) is 9.52. The maximum atomic E-state index is 13.3. The van der Waals surface area contributed by atoms with Crippen molar-refractivity contribution in [1.82, 2.24) is 20.1 Å². The van der Waals surface area contributed by atoms with Crippen molar-refractivity contribution in [2.75, 3.05) is 7.05 Å². The third-order valence-electron chi connectivity index (χ3n) is 3.82. The van der Waals surface area contributed by atoms with E-state index in [9.17, 15) is 4.39 Å². The molecule has 0 aliphatic rings. The molecule has 1 atom stereocenters. The first kappa shape index (κ1) is 14.7. The molecule has 1 N–H and O–H groups in total. The summed E-state index contributed by atoms with van der Waals surface area (Å²) in [7, 11) is 3.84. The lowest BCUT2D eigenvalue weighted by atomic mass is 9.99. The van der Waals surface area contributed by atoms with Gasteiger partial charge in [-0.3, -0.25) is 9.67 Å². The Labute approximate surface area is 119 Å². The smallest absolute Gasteiger partial charge is 0.141 e. The van der Waals surface area contributed by atoms with Gasteiger partial charge in [0.2, 0.25) is 0 Å². The van der Waals surface area contributed by atoms with Gasteiger partial charge in [0, 0.05) is 25.0 Å². The van der Waals surface area contributed by atoms with Gasteiger partial charge in [-0.25, -0.2) is 4.39 Å². The van der Waals surface area contributed by atoms with Crippen LogP contribution in [0.2, 0.25) is 0 Å². The summed E-state index contributed by atoms with van der Waals surface area (Å²) in [6, 6.07) is 1.63. The SMILES string of the molecule is CNC(CCc1c(C)nn(C)c1C)c1cncc(F)c1. The fourth-order valence-corrected chi connectivity index (χ4v) is 2.56. The molecule has 0 bridgehead atoms. The lowest BCUT2D eigenvalue weighted by Gasteiger charge is -2.16. The van der Waals surface area contributed by atoms with E-state index in [-0.39, 0.29) is 11.9 Å². The highest BCUT2D eigenvalue weighted by molar-refractivity contribution is 5.25. The molecule has 0 radical (unpaired) electrons. The molecule has 0 aliphatic carbocycles. The Kier molecular flexibility index (Phi) is 4.49. The van der Waals surface area contributed by atoms with Gasteiger partial charge in [-0.05, 0) is 50.9 Å². The molecule has 0 saturated heterocycles. The third kappa shape index (κ3) is 3.04. The molecule has 108 valence electrons. The summed E-state index contributed by atoms with van der Waals surface area (Å²) < 4.78 is 15.2. The van der Waals surface area contributed by atoms with Gasteiger partial charge in [0.25, 0.3) is 0 Å². The van der Waals surface area contributed by atoms with Crippen molar-refractivity contribution in [2.24, 2.45) is 7.05 Å². The first-order valence-corrected chi connectivity index (χ1v) is 6.79. The normalized spacial score (nSPS) is 12.7. The van der Waals surface area contributed by atoms with E-state index in [4.69, 9.17) is 0 Å². The Bertz CT molecular complexity index is 592. The van der Waals surface area contributed by atoms with E-state index in [0.29, 0.717) is 0 Å². The molecule has 2 heterocycles. The minimum absolute atomic E-state index is 0.0946. The first-order valence-electron chi connectivity index (χ1n) is 6.79. The number of aromatic nitrogens is 3. The second-order valence-electron chi connectivity index (χ2n) is 5.09. The van der Waals surface area contributed by atoms with Crippen LogP contribution in [0.5, 0.6) is 0 Å². The summed E-state index contributed by atoms with van der Waals surface area (Å²) in [5.74, 6) is -0.295. The fraction of sp³-hybridized carbons (Fsp3) is 0.467. The molecule has 1 unspecified atom stereocenters. The van der Waals surface area contributed by atoms with Gasteiger partial charge in [-0.15, -0.1) is 0 Å². The van der Waals surface area contributed by atoms with Crippen LogP contribution in [0.3, 0.4) is 0 Å². The van der Waals surface area contributed by atoms with Crippen LogP contribution >= 0.6 is 0 Å². The molecule has 2 aromatic rings. The Morgan fingerprint density at radius 1 is 1.35 bits per heavy atom. The summed E-state index contributed by atoms with van der Waals surface area (Å²) in [4.78, 5) is 3.92. The molecule has 4 nitrogen and oxygen atoms in total. The number of nitrogens with zero attached hydrogens (tertiary/aromatic N) is 3. The number of aryl methyl sites for hydroxylation is 2. The Morgan fingerprint density at radius 2 is 2.10 bits per heavy atom. The van der Waals surface area contributed by atoms with Crippen LogP contribution in [-0.4, -0.2) is 21.8 Å². The van der Waals surface area contributed by atoms with E-state index < -0.39 is 0 Å². The highest BCUT2D eigenvalue weighted by Crippen LogP contribution is 2.21. The monoisotopic (exact) mass is 276 g/mol. The quantitative estimate of drug-likeness (QED) is 0.912. The zero-order chi connectivity index (χ0) is 14.7. The van der Waals surface area contributed by atoms with Crippen LogP contribution in [0.4, 0.5) is 4.39 Å². The van der Waals surface area contributed by atoms with Crippen molar-refractivity contribution in [3.63, 3.8) is 0 Å². The Morgan fingerprint density at radius 3 is 2.65 bits per heavy atom. The molecular formula is C15H21FN4. The van der Waals surface area contributed by atoms with E-state index in [1.807, 2.05) is 25.7 Å². The van der Waals surface area contributed by atoms with Gasteiger partial charge < -0.3 is 5.32 Å². The van der Waals surface area contributed by atoms with E-state index >= 15 is 0 Å². The molecule has 0 amide bonds. The minimum atomic E-state index is -0.295. The summed E-state index contributed by atoms with van der Waals surface area (Å²) in [6.07, 6.45) is 4.74. The molecule has 5 heteroatoms. The number of pyridine rings is 1. The van der Waals surface area contributed by atoms with E-state index in [1.165, 1.54) is 23.5 Å². The molecule has 2 aromatic heterocycles. The van der Waals surface area contributed by atoms with Gasteiger partial charge in [-0.2, -0.15) is 5.10 Å². The minimum Gasteiger partial charge on any atom is -0.313 e. The van der Waals surface area contributed by atoms with Crippen molar-refractivity contribution in [3.05, 3.63) is 46.8 Å². The van der Waals surface area contributed by atoms with Crippen LogP contribution < -0.4 is 5.32 Å². The van der Waals surface area contributed by atoms with Crippen LogP contribution in [0.15, 0.2) is 18.5 Å². The summed E-state index contributed by atoms with van der Waals surface area (Å²) in [5.41, 5.74) is 4.41. The highest BCUT2D eigenvalue weighted by Gasteiger charge is 2.14. The van der Waals surface area contributed by atoms with E-state index in [1.54, 1.807) is 6.20 Å². The molecule has 2 rings (SSSR count). The average Bonchev–Trinajstić information content (AvgIpc) is 2.65. The molecule has 0 aromatic carbocycles. The van der Waals surface area contributed by atoms with Gasteiger partial charge in [0.05, 0.1) is 11.9 Å². The second kappa shape index (κ2) is 6.13. The number of hydrogen-bond donors (Lipinski definition) is 1. The molecule has 0 fully saturated rings. The summed E-state index contributed by atoms with van der Waals surface area (Å²) >= 11 is 0. The summed E-state index contributed by atoms with van der Waals surface area (Å²) in [6.45, 7) is 4.11. The third-order valence-corrected chi connectivity index (χ3v) is 3.82. The predicted octanol–water partition coefficient (Wildman–Crippen LogP) is 2.46. The van der Waals surface area contributed by atoms with Gasteiger partial charge in [0.1, 0.15) is 5.82 Å². The van der Waals surface area contributed by atoms with Crippen molar-refractivity contribution >= 4 is 0 Å². The van der Waals surface area contributed by atoms with Gasteiger partial charge in [-0.1, -0.05) is 0 Å². The summed E-state index contributed by atoms with van der Waals surface area (Å²) in [5, 5.41) is 7.65. The number of halogens is 1. The number of nitrogens with one attached hydrogen (secondary N) is 1. The Hall–Kier alpha value is -1.75. The molecular weight excluding hydrogens is 255 g/mol. The average molecular weight is 276 g/mol. The van der Waals surface area contributed by atoms with E-state index in [0.717, 1.165) is 24.1 Å². The van der Waals surface area contributed by atoms with Crippen molar-refractivity contribution in [2.45, 2.75) is 32.7 Å². The predicted molar refractivity (Wildman–Crippen MR) is 77.0 cm³/mol. The molecule has 20 heavy (non-hydrogen) atoms. The topological polar surface area (TPSA) is 42.7 Å². The van der Waals surface area contributed by atoms with Crippen molar-refractivity contribution in [3.8, 4) is 0 Å². The van der Waals surface area contributed by atoms with Crippen LogP contribution in [0, 0.1) is 19.7 Å². The maximum Gasteiger partial charge on any atom is 0.141 e. The van der Waals surface area contributed by atoms with Crippen molar-refractivity contribution < 1.29 is 4.39 Å². The molecule has 0 saturated carbocycles. The van der Waals surface area contributed by atoms with Crippen molar-refractivity contribution in [1.29, 1.82) is 0 Å². The van der Waals surface area contributed by atoms with Crippen LogP contribution in [0.25, 0.3) is 0 Å². The van der Waals surface area contributed by atoms with E-state index in [2.05, 4.69) is 22.3 Å². The molecule has 0 spiro atoms. The Balaban J connectivity index is 2.11. The molecule has 0 aliphatic heterocycles. The number of hydrogen-bond acceptors (Lipinski definition) is 3. The van der Waals surface area contributed by atoms with Crippen LogP contribution in [-0.2, 0) is 13.5 Å².